The standard InChI is InChI=1S/C67H44N2O/c1-4-17-45(18-5-1)46-31-37-52(38-32-46)68(63-28-16-30-65-66(63)56-25-12-15-29-64(56)70-65)53-39-33-47(34-40-53)48-35-41-61-57(43-48)58-44-50(36-42-62(58)69(61)51-21-8-3-9-22-51)67(49-19-6-2-7-20-49)59-26-13-10-23-54(59)55-24-11-14-27-60(55)67/h1-44H. The molecule has 1 aliphatic rings. The van der Waals surface area contributed by atoms with Gasteiger partial charge in [-0.3, -0.25) is 0 Å². The number of fused-ring (bicyclic) bond motifs is 9. The fourth-order valence-electron chi connectivity index (χ4n) is 11.6. The SMILES string of the molecule is c1ccc(-c2ccc(N(c3ccc(-c4ccc5c(c4)c4cc(C6(c7ccccc7)c7ccccc7-c7ccccc76)ccc4n5-c4ccccc4)cc3)c3cccc4oc5ccccc5c34)cc2)cc1. The Hall–Kier alpha value is -9.18. The molecule has 328 valence electrons. The topological polar surface area (TPSA) is 21.3 Å². The minimum atomic E-state index is -0.502. The van der Waals surface area contributed by atoms with Gasteiger partial charge in [0, 0.05) is 33.2 Å². The quantitative estimate of drug-likeness (QED) is 0.152. The third kappa shape index (κ3) is 6.08. The molecule has 1 aliphatic carbocycles. The molecule has 0 amide bonds. The third-order valence-electron chi connectivity index (χ3n) is 14.7. The van der Waals surface area contributed by atoms with Crippen LogP contribution in [0.5, 0.6) is 0 Å². The summed E-state index contributed by atoms with van der Waals surface area (Å²) in [6.07, 6.45) is 0. The van der Waals surface area contributed by atoms with Gasteiger partial charge in [0.05, 0.1) is 27.5 Å². The van der Waals surface area contributed by atoms with Crippen LogP contribution in [-0.2, 0) is 5.41 Å². The van der Waals surface area contributed by atoms with Crippen molar-refractivity contribution in [3.05, 3.63) is 289 Å². The van der Waals surface area contributed by atoms with E-state index >= 15 is 0 Å². The predicted molar refractivity (Wildman–Crippen MR) is 291 cm³/mol. The lowest BCUT2D eigenvalue weighted by Crippen LogP contribution is -2.28. The third-order valence-corrected chi connectivity index (χ3v) is 14.7. The highest BCUT2D eigenvalue weighted by Gasteiger charge is 2.46. The maximum atomic E-state index is 6.43. The number of para-hydroxylation sites is 2. The monoisotopic (exact) mass is 892 g/mol. The van der Waals surface area contributed by atoms with Gasteiger partial charge >= 0.3 is 0 Å². The fourth-order valence-corrected chi connectivity index (χ4v) is 11.6. The molecule has 0 unspecified atom stereocenters. The first kappa shape index (κ1) is 39.9. The van der Waals surface area contributed by atoms with E-state index in [1.807, 2.05) is 6.07 Å². The van der Waals surface area contributed by atoms with Crippen molar-refractivity contribution in [3.8, 4) is 39.1 Å². The number of aromatic nitrogens is 1. The Morgan fingerprint density at radius 3 is 1.54 bits per heavy atom. The first-order valence-corrected chi connectivity index (χ1v) is 24.1. The minimum absolute atomic E-state index is 0.502. The van der Waals surface area contributed by atoms with Crippen molar-refractivity contribution in [1.82, 2.24) is 4.57 Å². The van der Waals surface area contributed by atoms with E-state index in [4.69, 9.17) is 4.42 Å². The molecule has 2 heterocycles. The molecule has 70 heavy (non-hydrogen) atoms. The smallest absolute Gasteiger partial charge is 0.137 e. The van der Waals surface area contributed by atoms with Gasteiger partial charge in [0.2, 0.25) is 0 Å². The van der Waals surface area contributed by atoms with Gasteiger partial charge in [-0.25, -0.2) is 0 Å². The highest BCUT2D eigenvalue weighted by molar-refractivity contribution is 6.14. The zero-order valence-corrected chi connectivity index (χ0v) is 38.2. The lowest BCUT2D eigenvalue weighted by molar-refractivity contribution is 0.669. The molecule has 14 rings (SSSR count). The summed E-state index contributed by atoms with van der Waals surface area (Å²) in [5.41, 5.74) is 20.3. The maximum absolute atomic E-state index is 6.43. The Labute approximate surface area is 406 Å². The number of nitrogens with zero attached hydrogens (tertiary/aromatic N) is 2. The van der Waals surface area contributed by atoms with Gasteiger partial charge in [-0.1, -0.05) is 188 Å². The van der Waals surface area contributed by atoms with Gasteiger partial charge in [-0.2, -0.15) is 0 Å². The van der Waals surface area contributed by atoms with E-state index in [1.165, 1.54) is 66.3 Å². The summed E-state index contributed by atoms with van der Waals surface area (Å²) in [6, 6.07) is 97.3. The molecule has 0 N–H and O–H groups in total. The summed E-state index contributed by atoms with van der Waals surface area (Å²) in [5.74, 6) is 0. The van der Waals surface area contributed by atoms with E-state index in [-0.39, 0.29) is 0 Å². The van der Waals surface area contributed by atoms with Gasteiger partial charge < -0.3 is 13.9 Å². The van der Waals surface area contributed by atoms with Crippen molar-refractivity contribution in [2.45, 2.75) is 5.41 Å². The Bertz CT molecular complexity index is 4050. The Balaban J connectivity index is 0.938. The van der Waals surface area contributed by atoms with Crippen molar-refractivity contribution < 1.29 is 4.42 Å². The largest absolute Gasteiger partial charge is 0.456 e. The lowest BCUT2D eigenvalue weighted by Gasteiger charge is -2.34. The second-order valence-corrected chi connectivity index (χ2v) is 18.4. The number of benzene rings is 11. The average Bonchev–Trinajstić information content (AvgIpc) is 4.08. The molecule has 3 heteroatoms. The minimum Gasteiger partial charge on any atom is -0.456 e. The molecular formula is C67H44N2O. The highest BCUT2D eigenvalue weighted by Crippen LogP contribution is 2.56. The molecule has 0 fully saturated rings. The van der Waals surface area contributed by atoms with Gasteiger partial charge in [0.25, 0.3) is 0 Å². The van der Waals surface area contributed by atoms with Crippen LogP contribution in [0, 0.1) is 0 Å². The number of rotatable bonds is 8. The molecule has 0 saturated carbocycles. The summed E-state index contributed by atoms with van der Waals surface area (Å²) in [4.78, 5) is 2.36. The van der Waals surface area contributed by atoms with Crippen molar-refractivity contribution in [3.63, 3.8) is 0 Å². The van der Waals surface area contributed by atoms with E-state index in [0.717, 1.165) is 55.8 Å². The van der Waals surface area contributed by atoms with Crippen molar-refractivity contribution in [2.75, 3.05) is 4.90 Å². The Morgan fingerprint density at radius 1 is 0.343 bits per heavy atom. The van der Waals surface area contributed by atoms with Crippen LogP contribution < -0.4 is 4.90 Å². The van der Waals surface area contributed by atoms with Crippen LogP contribution in [0.3, 0.4) is 0 Å². The molecule has 11 aromatic carbocycles. The molecule has 0 aliphatic heterocycles. The summed E-state index contributed by atoms with van der Waals surface area (Å²) in [7, 11) is 0. The van der Waals surface area contributed by atoms with Gasteiger partial charge in [0.15, 0.2) is 0 Å². The Morgan fingerprint density at radius 2 is 0.857 bits per heavy atom. The number of hydrogen-bond acceptors (Lipinski definition) is 2. The summed E-state index contributed by atoms with van der Waals surface area (Å²) in [5, 5.41) is 4.62. The zero-order valence-electron chi connectivity index (χ0n) is 38.2. The summed E-state index contributed by atoms with van der Waals surface area (Å²) in [6.45, 7) is 0. The van der Waals surface area contributed by atoms with E-state index in [9.17, 15) is 0 Å². The van der Waals surface area contributed by atoms with E-state index < -0.39 is 5.41 Å². The molecule has 0 saturated heterocycles. The summed E-state index contributed by atoms with van der Waals surface area (Å²) < 4.78 is 8.86. The molecule has 0 atom stereocenters. The normalized spacial score (nSPS) is 12.7. The van der Waals surface area contributed by atoms with Crippen LogP contribution in [0.4, 0.5) is 17.1 Å². The van der Waals surface area contributed by atoms with Crippen LogP contribution in [-0.4, -0.2) is 4.57 Å². The lowest BCUT2D eigenvalue weighted by atomic mass is 9.67. The van der Waals surface area contributed by atoms with E-state index in [2.05, 4.69) is 270 Å². The molecule has 0 radical (unpaired) electrons. The molecule has 0 bridgehead atoms. The molecule has 13 aromatic rings. The molecule has 3 nitrogen and oxygen atoms in total. The summed E-state index contributed by atoms with van der Waals surface area (Å²) >= 11 is 0. The van der Waals surface area contributed by atoms with Gasteiger partial charge in [0.1, 0.15) is 11.2 Å². The van der Waals surface area contributed by atoms with Crippen molar-refractivity contribution >= 4 is 60.8 Å². The van der Waals surface area contributed by atoms with Crippen LogP contribution in [0.1, 0.15) is 22.3 Å². The van der Waals surface area contributed by atoms with Crippen LogP contribution >= 0.6 is 0 Å². The average molecular weight is 893 g/mol. The van der Waals surface area contributed by atoms with Crippen molar-refractivity contribution in [2.24, 2.45) is 0 Å². The molecule has 0 spiro atoms. The second-order valence-electron chi connectivity index (χ2n) is 18.4. The van der Waals surface area contributed by atoms with Gasteiger partial charge in [-0.05, 0) is 134 Å². The van der Waals surface area contributed by atoms with Crippen LogP contribution in [0.2, 0.25) is 0 Å². The Kier molecular flexibility index (Phi) is 9.11. The fraction of sp³-hybridized carbons (Fsp3) is 0.0149. The van der Waals surface area contributed by atoms with Crippen LogP contribution in [0.25, 0.3) is 82.8 Å². The predicted octanol–water partition coefficient (Wildman–Crippen LogP) is 17.8. The van der Waals surface area contributed by atoms with Crippen LogP contribution in [0.15, 0.2) is 271 Å². The molecule has 2 aromatic heterocycles. The van der Waals surface area contributed by atoms with E-state index in [1.54, 1.807) is 0 Å². The molecular weight excluding hydrogens is 849 g/mol. The van der Waals surface area contributed by atoms with Crippen molar-refractivity contribution in [1.29, 1.82) is 0 Å². The van der Waals surface area contributed by atoms with Gasteiger partial charge in [-0.15, -0.1) is 0 Å². The van der Waals surface area contributed by atoms with E-state index in [0.29, 0.717) is 0 Å². The first-order valence-electron chi connectivity index (χ1n) is 24.1. The number of anilines is 3. The second kappa shape index (κ2) is 16.0. The highest BCUT2D eigenvalue weighted by atomic mass is 16.3. The zero-order chi connectivity index (χ0) is 46.2. The number of hydrogen-bond donors (Lipinski definition) is 0. The first-order chi connectivity index (χ1) is 34.7. The maximum Gasteiger partial charge on any atom is 0.137 e. The number of furan rings is 1.